The van der Waals surface area contributed by atoms with Crippen LogP contribution in [0, 0.1) is 5.82 Å². The first-order chi connectivity index (χ1) is 14.9. The Labute approximate surface area is 183 Å². The fraction of sp³-hybridized carbons (Fsp3) is 0.364. The molecule has 10 heteroatoms. The number of rotatable bonds is 6. The van der Waals surface area contributed by atoms with Crippen molar-refractivity contribution in [2.45, 2.75) is 45.1 Å². The summed E-state index contributed by atoms with van der Waals surface area (Å²) in [6.07, 6.45) is -5.46. The van der Waals surface area contributed by atoms with Crippen LogP contribution in [0.15, 0.2) is 48.5 Å². The van der Waals surface area contributed by atoms with Crippen LogP contribution in [0.4, 0.5) is 27.2 Å². The molecular formula is C22H25F4N3O3. The van der Waals surface area contributed by atoms with Crippen molar-refractivity contribution in [2.24, 2.45) is 0 Å². The quantitative estimate of drug-likeness (QED) is 0.542. The Balaban J connectivity index is 2.03. The molecule has 2 aromatic carbocycles. The zero-order chi connectivity index (χ0) is 23.9. The summed E-state index contributed by atoms with van der Waals surface area (Å²) in [7, 11) is 0. The molecule has 3 amide bonds. The van der Waals surface area contributed by atoms with E-state index in [0.717, 1.165) is 18.2 Å². The maximum absolute atomic E-state index is 13.9. The molecule has 0 radical (unpaired) electrons. The van der Waals surface area contributed by atoms with Crippen LogP contribution in [0.25, 0.3) is 0 Å². The van der Waals surface area contributed by atoms with Crippen molar-refractivity contribution in [3.05, 3.63) is 71.0 Å². The molecule has 0 saturated heterocycles. The van der Waals surface area contributed by atoms with Crippen LogP contribution in [0.5, 0.6) is 0 Å². The van der Waals surface area contributed by atoms with Crippen molar-refractivity contribution in [1.29, 1.82) is 0 Å². The topological polar surface area (TPSA) is 79.5 Å². The van der Waals surface area contributed by atoms with Crippen LogP contribution in [-0.4, -0.2) is 24.3 Å². The third-order valence-corrected chi connectivity index (χ3v) is 4.21. The molecular weight excluding hydrogens is 430 g/mol. The highest BCUT2D eigenvalue weighted by Crippen LogP contribution is 2.32. The molecule has 6 nitrogen and oxygen atoms in total. The third-order valence-electron chi connectivity index (χ3n) is 4.21. The number of hydrogen-bond donors (Lipinski definition) is 3. The molecule has 1 atom stereocenters. The van der Waals surface area contributed by atoms with Gasteiger partial charge < -0.3 is 20.7 Å². The number of nitrogens with one attached hydrogen (secondary N) is 3. The van der Waals surface area contributed by atoms with E-state index >= 15 is 0 Å². The monoisotopic (exact) mass is 455 g/mol. The van der Waals surface area contributed by atoms with Gasteiger partial charge in [-0.3, -0.25) is 0 Å². The number of hydrogen-bond acceptors (Lipinski definition) is 3. The van der Waals surface area contributed by atoms with E-state index in [0.29, 0.717) is 5.56 Å². The second-order valence-electron chi connectivity index (χ2n) is 7.94. The van der Waals surface area contributed by atoms with Gasteiger partial charge in [-0.15, -0.1) is 0 Å². The van der Waals surface area contributed by atoms with Gasteiger partial charge in [0, 0.05) is 18.7 Å². The Morgan fingerprint density at radius 2 is 1.62 bits per heavy atom. The highest BCUT2D eigenvalue weighted by atomic mass is 19.4. The van der Waals surface area contributed by atoms with Gasteiger partial charge in [0.2, 0.25) is 0 Å². The van der Waals surface area contributed by atoms with Crippen molar-refractivity contribution in [2.75, 3.05) is 6.54 Å². The number of benzene rings is 2. The zero-order valence-electron chi connectivity index (χ0n) is 17.8. The average molecular weight is 455 g/mol. The molecule has 0 aliphatic carbocycles. The van der Waals surface area contributed by atoms with E-state index in [1.165, 1.54) is 0 Å². The summed E-state index contributed by atoms with van der Waals surface area (Å²) in [5.74, 6) is -1.08. The molecule has 0 aliphatic heterocycles. The first-order valence-corrected chi connectivity index (χ1v) is 9.77. The van der Waals surface area contributed by atoms with Gasteiger partial charge in [0.1, 0.15) is 11.4 Å². The van der Waals surface area contributed by atoms with Gasteiger partial charge in [-0.05, 0) is 38.5 Å². The lowest BCUT2D eigenvalue weighted by atomic mass is 10.1. The minimum atomic E-state index is -4.76. The van der Waals surface area contributed by atoms with Crippen LogP contribution < -0.4 is 16.0 Å². The van der Waals surface area contributed by atoms with Crippen LogP contribution >= 0.6 is 0 Å². The first-order valence-electron chi connectivity index (χ1n) is 9.77. The molecule has 3 N–H and O–H groups in total. The molecule has 0 unspecified atom stereocenters. The SMILES string of the molecule is CC(C)(C)OC(=O)N[C@@H](CNC(=O)NCc1c(F)cccc1C(F)(F)F)c1ccccc1. The number of urea groups is 1. The predicted octanol–water partition coefficient (Wildman–Crippen LogP) is 4.91. The second kappa shape index (κ2) is 10.3. The van der Waals surface area contributed by atoms with Crippen molar-refractivity contribution in [1.82, 2.24) is 16.0 Å². The molecule has 2 aromatic rings. The number of ether oxygens (including phenoxy) is 1. The van der Waals surface area contributed by atoms with E-state index in [1.54, 1.807) is 51.1 Å². The Morgan fingerprint density at radius 3 is 2.22 bits per heavy atom. The van der Waals surface area contributed by atoms with Gasteiger partial charge in [-0.2, -0.15) is 13.2 Å². The fourth-order valence-electron chi connectivity index (χ4n) is 2.82. The van der Waals surface area contributed by atoms with Gasteiger partial charge in [0.25, 0.3) is 0 Å². The number of amides is 3. The number of carbonyl (C=O) groups is 2. The molecule has 32 heavy (non-hydrogen) atoms. The van der Waals surface area contributed by atoms with E-state index in [9.17, 15) is 27.2 Å². The fourth-order valence-corrected chi connectivity index (χ4v) is 2.82. The predicted molar refractivity (Wildman–Crippen MR) is 110 cm³/mol. The Morgan fingerprint density at radius 1 is 0.969 bits per heavy atom. The van der Waals surface area contributed by atoms with Crippen LogP contribution in [0.1, 0.15) is 43.5 Å². The van der Waals surface area contributed by atoms with Crippen LogP contribution in [0.3, 0.4) is 0 Å². The highest BCUT2D eigenvalue weighted by molar-refractivity contribution is 5.74. The molecule has 0 aromatic heterocycles. The molecule has 0 heterocycles. The summed E-state index contributed by atoms with van der Waals surface area (Å²) < 4.78 is 58.4. The standard InChI is InChI=1S/C22H25F4N3O3/c1-21(2,3)32-20(31)29-18(14-8-5-4-6-9-14)13-28-19(30)27-12-15-16(22(24,25)26)10-7-11-17(15)23/h4-11,18H,12-13H2,1-3H3,(H,29,31)(H2,27,28,30)/t18-/m0/s1. The van der Waals surface area contributed by atoms with E-state index in [4.69, 9.17) is 4.74 Å². The Hall–Kier alpha value is -3.30. The number of alkyl carbamates (subject to hydrolysis) is 1. The largest absolute Gasteiger partial charge is 0.444 e. The lowest BCUT2D eigenvalue weighted by Gasteiger charge is -2.24. The number of halogens is 4. The summed E-state index contributed by atoms with van der Waals surface area (Å²) in [5.41, 5.74) is -1.88. The Kier molecular flexibility index (Phi) is 8.07. The minimum Gasteiger partial charge on any atom is -0.444 e. The maximum Gasteiger partial charge on any atom is 0.416 e. The summed E-state index contributed by atoms with van der Waals surface area (Å²) in [6.45, 7) is 4.36. The number of carbonyl (C=O) groups excluding carboxylic acids is 2. The molecule has 2 rings (SSSR count). The lowest BCUT2D eigenvalue weighted by Crippen LogP contribution is -2.43. The van der Waals surface area contributed by atoms with Crippen LogP contribution in [0.2, 0.25) is 0 Å². The smallest absolute Gasteiger partial charge is 0.416 e. The van der Waals surface area contributed by atoms with E-state index in [2.05, 4.69) is 16.0 Å². The van der Waals surface area contributed by atoms with Crippen molar-refractivity contribution < 1.29 is 31.9 Å². The van der Waals surface area contributed by atoms with E-state index < -0.39 is 53.4 Å². The van der Waals surface area contributed by atoms with Gasteiger partial charge >= 0.3 is 18.3 Å². The molecule has 0 saturated carbocycles. The Bertz CT molecular complexity index is 928. The van der Waals surface area contributed by atoms with Gasteiger partial charge in [0.05, 0.1) is 11.6 Å². The van der Waals surface area contributed by atoms with Gasteiger partial charge in [0.15, 0.2) is 0 Å². The molecule has 0 bridgehead atoms. The van der Waals surface area contributed by atoms with Gasteiger partial charge in [-0.1, -0.05) is 36.4 Å². The maximum atomic E-state index is 13.9. The van der Waals surface area contributed by atoms with Crippen molar-refractivity contribution in [3.8, 4) is 0 Å². The van der Waals surface area contributed by atoms with E-state index in [-0.39, 0.29) is 6.54 Å². The van der Waals surface area contributed by atoms with Crippen molar-refractivity contribution >= 4 is 12.1 Å². The summed E-state index contributed by atoms with van der Waals surface area (Å²) in [4.78, 5) is 24.3. The zero-order valence-corrected chi connectivity index (χ0v) is 17.8. The number of alkyl halides is 3. The minimum absolute atomic E-state index is 0.0848. The van der Waals surface area contributed by atoms with Gasteiger partial charge in [-0.25, -0.2) is 14.0 Å². The molecule has 0 aliphatic rings. The second-order valence-corrected chi connectivity index (χ2v) is 7.94. The summed E-state index contributed by atoms with van der Waals surface area (Å²) in [6, 6.07) is 9.83. The molecule has 0 spiro atoms. The lowest BCUT2D eigenvalue weighted by molar-refractivity contribution is -0.138. The van der Waals surface area contributed by atoms with Crippen LogP contribution in [-0.2, 0) is 17.5 Å². The highest BCUT2D eigenvalue weighted by Gasteiger charge is 2.34. The van der Waals surface area contributed by atoms with E-state index in [1.807, 2.05) is 0 Å². The average Bonchev–Trinajstić information content (AvgIpc) is 2.68. The molecule has 0 fully saturated rings. The summed E-state index contributed by atoms with van der Waals surface area (Å²) in [5, 5.41) is 7.33. The third kappa shape index (κ3) is 7.75. The molecule has 174 valence electrons. The normalized spacial score (nSPS) is 12.6. The van der Waals surface area contributed by atoms with Crippen molar-refractivity contribution in [3.63, 3.8) is 0 Å². The summed E-state index contributed by atoms with van der Waals surface area (Å²) >= 11 is 0. The first kappa shape index (κ1) is 25.0.